The van der Waals surface area contributed by atoms with Crippen molar-refractivity contribution in [2.24, 2.45) is 0 Å². The molecule has 3 aromatic rings. The molecule has 0 aliphatic carbocycles. The molecule has 8 heteroatoms. The van der Waals surface area contributed by atoms with Crippen molar-refractivity contribution in [3.05, 3.63) is 58.6 Å². The fourth-order valence-corrected chi connectivity index (χ4v) is 4.77. The topological polar surface area (TPSA) is 79.4 Å². The first-order valence-electron chi connectivity index (χ1n) is 9.13. The predicted octanol–water partition coefficient (Wildman–Crippen LogP) is 3.96. The minimum Gasteiger partial charge on any atom is -0.324 e. The molecule has 1 aliphatic rings. The summed E-state index contributed by atoms with van der Waals surface area (Å²) in [6.45, 7) is 1.93. The Bertz CT molecular complexity index is 1090. The summed E-state index contributed by atoms with van der Waals surface area (Å²) in [5.74, 6) is -0.548. The zero-order valence-corrected chi connectivity index (χ0v) is 17.6. The number of carbonyl (C=O) groups excluding carboxylic acids is 3. The minimum atomic E-state index is -0.867. The molecule has 6 nitrogen and oxygen atoms in total. The molecular weight excluding hydrogens is 406 g/mol. The van der Waals surface area contributed by atoms with Gasteiger partial charge in [0, 0.05) is 5.69 Å². The van der Waals surface area contributed by atoms with Gasteiger partial charge in [-0.15, -0.1) is 11.3 Å². The number of fused-ring (bicyclic) bond motifs is 2. The molecule has 4 rings (SSSR count). The number of aryl methyl sites for hydroxylation is 1. The molecular formula is C21H19N3O3S2. The number of aromatic nitrogens is 1. The van der Waals surface area contributed by atoms with Crippen molar-refractivity contribution in [3.63, 3.8) is 0 Å². The summed E-state index contributed by atoms with van der Waals surface area (Å²) in [5, 5.41) is 3.83. The lowest BCUT2D eigenvalue weighted by molar-refractivity contribution is -0.120. The number of amides is 3. The number of carbonyl (C=O) groups is 3. The average molecular weight is 426 g/mol. The van der Waals surface area contributed by atoms with E-state index in [9.17, 15) is 14.4 Å². The zero-order valence-electron chi connectivity index (χ0n) is 16.0. The molecule has 1 unspecified atom stereocenters. The number of benzene rings is 2. The van der Waals surface area contributed by atoms with Crippen LogP contribution in [-0.2, 0) is 4.79 Å². The first-order valence-corrected chi connectivity index (χ1v) is 11.3. The number of thioether (sulfide) groups is 1. The van der Waals surface area contributed by atoms with E-state index < -0.39 is 17.9 Å². The number of anilines is 1. The predicted molar refractivity (Wildman–Crippen MR) is 117 cm³/mol. The van der Waals surface area contributed by atoms with Crippen LogP contribution in [0.2, 0.25) is 0 Å². The standard InChI is InChI=1S/C21H19N3O3S2/c1-12-22-16-8-7-13(11-18(16)29-12)23-19(25)17(9-10-28-2)24-20(26)14-5-3-4-6-15(14)21(24)27/h3-8,11,17H,9-10H2,1-2H3,(H,23,25). The van der Waals surface area contributed by atoms with Gasteiger partial charge in [0.2, 0.25) is 5.91 Å². The van der Waals surface area contributed by atoms with Gasteiger partial charge < -0.3 is 5.32 Å². The normalized spacial score (nSPS) is 14.3. The summed E-state index contributed by atoms with van der Waals surface area (Å²) in [5.41, 5.74) is 2.20. The van der Waals surface area contributed by atoms with Crippen LogP contribution >= 0.6 is 23.1 Å². The van der Waals surface area contributed by atoms with Crippen LogP contribution < -0.4 is 5.32 Å². The molecule has 0 bridgehead atoms. The van der Waals surface area contributed by atoms with Gasteiger partial charge in [-0.05, 0) is 55.7 Å². The molecule has 0 fully saturated rings. The van der Waals surface area contributed by atoms with Gasteiger partial charge in [0.15, 0.2) is 0 Å². The zero-order chi connectivity index (χ0) is 20.5. The molecule has 1 aliphatic heterocycles. The summed E-state index contributed by atoms with van der Waals surface area (Å²) >= 11 is 3.12. The Morgan fingerprint density at radius 2 is 1.86 bits per heavy atom. The third-order valence-electron chi connectivity index (χ3n) is 4.80. The number of imide groups is 1. The second-order valence-electron chi connectivity index (χ2n) is 6.73. The number of thiazole rings is 1. The van der Waals surface area contributed by atoms with Crippen LogP contribution in [0.3, 0.4) is 0 Å². The summed E-state index contributed by atoms with van der Waals surface area (Å²) in [6.07, 6.45) is 2.32. The van der Waals surface area contributed by atoms with Crippen LogP contribution in [0.25, 0.3) is 10.2 Å². The maximum Gasteiger partial charge on any atom is 0.262 e. The van der Waals surface area contributed by atoms with Crippen LogP contribution in [0, 0.1) is 6.92 Å². The monoisotopic (exact) mass is 425 g/mol. The Kier molecular flexibility index (Phi) is 5.38. The lowest BCUT2D eigenvalue weighted by Crippen LogP contribution is -2.47. The Labute approximate surface area is 176 Å². The molecule has 0 radical (unpaired) electrons. The quantitative estimate of drug-likeness (QED) is 0.605. The largest absolute Gasteiger partial charge is 0.324 e. The molecule has 3 amide bonds. The van der Waals surface area contributed by atoms with Gasteiger partial charge in [-0.25, -0.2) is 4.98 Å². The van der Waals surface area contributed by atoms with Crippen LogP contribution in [0.5, 0.6) is 0 Å². The fourth-order valence-electron chi connectivity index (χ4n) is 3.44. The fraction of sp³-hybridized carbons (Fsp3) is 0.238. The van der Waals surface area contributed by atoms with Gasteiger partial charge in [0.1, 0.15) is 6.04 Å². The molecule has 0 saturated heterocycles. The van der Waals surface area contributed by atoms with E-state index in [0.29, 0.717) is 29.0 Å². The lowest BCUT2D eigenvalue weighted by Gasteiger charge is -2.25. The first-order chi connectivity index (χ1) is 14.0. The second kappa shape index (κ2) is 7.96. The number of hydrogen-bond donors (Lipinski definition) is 1. The molecule has 29 heavy (non-hydrogen) atoms. The molecule has 1 N–H and O–H groups in total. The van der Waals surface area contributed by atoms with E-state index in [4.69, 9.17) is 0 Å². The van der Waals surface area contributed by atoms with Gasteiger partial charge in [-0.1, -0.05) is 12.1 Å². The van der Waals surface area contributed by atoms with Crippen molar-refractivity contribution in [1.82, 2.24) is 9.88 Å². The Morgan fingerprint density at radius 1 is 1.17 bits per heavy atom. The SMILES string of the molecule is CSCCC(C(=O)Nc1ccc2nc(C)sc2c1)N1C(=O)c2ccccc2C1=O. The van der Waals surface area contributed by atoms with Gasteiger partial charge in [-0.2, -0.15) is 11.8 Å². The molecule has 2 aromatic carbocycles. The van der Waals surface area contributed by atoms with Gasteiger partial charge in [0.05, 0.1) is 26.4 Å². The Hall–Kier alpha value is -2.71. The molecule has 2 heterocycles. The maximum absolute atomic E-state index is 13.1. The molecule has 1 aromatic heterocycles. The Balaban J connectivity index is 1.61. The Morgan fingerprint density at radius 3 is 2.52 bits per heavy atom. The summed E-state index contributed by atoms with van der Waals surface area (Å²) < 4.78 is 0.974. The van der Waals surface area contributed by atoms with Gasteiger partial charge >= 0.3 is 0 Å². The van der Waals surface area contributed by atoms with Crippen molar-refractivity contribution < 1.29 is 14.4 Å². The number of hydrogen-bond acceptors (Lipinski definition) is 6. The van der Waals surface area contributed by atoms with E-state index in [0.717, 1.165) is 20.1 Å². The summed E-state index contributed by atoms with van der Waals surface area (Å²) in [4.78, 5) is 44.3. The van der Waals surface area contributed by atoms with E-state index in [-0.39, 0.29) is 5.91 Å². The van der Waals surface area contributed by atoms with Crippen LogP contribution in [-0.4, -0.2) is 45.7 Å². The van der Waals surface area contributed by atoms with Crippen molar-refractivity contribution in [3.8, 4) is 0 Å². The highest BCUT2D eigenvalue weighted by atomic mass is 32.2. The van der Waals surface area contributed by atoms with Gasteiger partial charge in [-0.3, -0.25) is 19.3 Å². The van der Waals surface area contributed by atoms with E-state index >= 15 is 0 Å². The highest BCUT2D eigenvalue weighted by molar-refractivity contribution is 7.98. The van der Waals surface area contributed by atoms with Crippen molar-refractivity contribution >= 4 is 56.7 Å². The van der Waals surface area contributed by atoms with Crippen molar-refractivity contribution in [2.45, 2.75) is 19.4 Å². The first kappa shape index (κ1) is 19.6. The second-order valence-corrected chi connectivity index (χ2v) is 8.95. The summed E-state index contributed by atoms with van der Waals surface area (Å²) in [6, 6.07) is 11.3. The molecule has 148 valence electrons. The molecule has 0 saturated carbocycles. The number of rotatable bonds is 6. The van der Waals surface area contributed by atoms with E-state index in [1.807, 2.05) is 25.3 Å². The van der Waals surface area contributed by atoms with E-state index in [1.165, 1.54) is 0 Å². The summed E-state index contributed by atoms with van der Waals surface area (Å²) in [7, 11) is 0. The van der Waals surface area contributed by atoms with Crippen molar-refractivity contribution in [1.29, 1.82) is 0 Å². The third-order valence-corrected chi connectivity index (χ3v) is 6.38. The highest BCUT2D eigenvalue weighted by Crippen LogP contribution is 2.28. The third kappa shape index (κ3) is 3.65. The van der Waals surface area contributed by atoms with Crippen LogP contribution in [0.4, 0.5) is 5.69 Å². The number of nitrogens with zero attached hydrogens (tertiary/aromatic N) is 2. The van der Waals surface area contributed by atoms with Crippen LogP contribution in [0.15, 0.2) is 42.5 Å². The maximum atomic E-state index is 13.1. The number of nitrogens with one attached hydrogen (secondary N) is 1. The van der Waals surface area contributed by atoms with Crippen LogP contribution in [0.1, 0.15) is 32.1 Å². The van der Waals surface area contributed by atoms with E-state index in [2.05, 4.69) is 10.3 Å². The highest BCUT2D eigenvalue weighted by Gasteiger charge is 2.42. The van der Waals surface area contributed by atoms with E-state index in [1.54, 1.807) is 53.4 Å². The minimum absolute atomic E-state index is 0.348. The smallest absolute Gasteiger partial charge is 0.262 e. The van der Waals surface area contributed by atoms with Gasteiger partial charge in [0.25, 0.3) is 11.8 Å². The van der Waals surface area contributed by atoms with Crippen molar-refractivity contribution in [2.75, 3.05) is 17.3 Å². The molecule has 0 spiro atoms. The average Bonchev–Trinajstić information content (AvgIpc) is 3.20. The molecule has 1 atom stereocenters. The lowest BCUT2D eigenvalue weighted by atomic mass is 10.1.